The molecule has 6 heteroatoms. The highest BCUT2D eigenvalue weighted by atomic mass is 16.5. The molecule has 152 valence electrons. The van der Waals surface area contributed by atoms with E-state index in [2.05, 4.69) is 46.8 Å². The van der Waals surface area contributed by atoms with Gasteiger partial charge < -0.3 is 24.8 Å². The molecule has 0 amide bonds. The zero-order chi connectivity index (χ0) is 20.2. The van der Waals surface area contributed by atoms with Gasteiger partial charge in [0, 0.05) is 18.7 Å². The Morgan fingerprint density at radius 2 is 1.64 bits per heavy atom. The molecule has 2 N–H and O–H groups in total. The van der Waals surface area contributed by atoms with E-state index in [-0.39, 0.29) is 0 Å². The minimum atomic E-state index is 0.470. The molecule has 0 bridgehead atoms. The first kappa shape index (κ1) is 21.4. The standard InChI is InChI=1S/C22H31N3O3/c1-5-23-22(24-15-9-12-17-10-7-6-8-11-17)25-16-18-13-14-19(26-2)21(28-4)20(18)27-3/h6-8,10-11,13-14H,5,9,12,15-16H2,1-4H3,(H2,23,24,25). The molecule has 0 aromatic heterocycles. The number of aryl methyl sites for hydroxylation is 1. The second-order valence-corrected chi connectivity index (χ2v) is 6.20. The Kier molecular flexibility index (Phi) is 8.98. The summed E-state index contributed by atoms with van der Waals surface area (Å²) in [6.07, 6.45) is 2.07. The Morgan fingerprint density at radius 3 is 2.29 bits per heavy atom. The summed E-state index contributed by atoms with van der Waals surface area (Å²) in [5, 5.41) is 6.67. The predicted molar refractivity (Wildman–Crippen MR) is 114 cm³/mol. The van der Waals surface area contributed by atoms with E-state index in [4.69, 9.17) is 14.2 Å². The maximum absolute atomic E-state index is 5.53. The van der Waals surface area contributed by atoms with E-state index < -0.39 is 0 Å². The molecule has 0 atom stereocenters. The van der Waals surface area contributed by atoms with Crippen LogP contribution in [0, 0.1) is 0 Å². The zero-order valence-corrected chi connectivity index (χ0v) is 17.2. The van der Waals surface area contributed by atoms with Crippen LogP contribution in [-0.4, -0.2) is 40.4 Å². The molecule has 0 radical (unpaired) electrons. The van der Waals surface area contributed by atoms with Gasteiger partial charge >= 0.3 is 0 Å². The molecule has 0 heterocycles. The summed E-state index contributed by atoms with van der Waals surface area (Å²) >= 11 is 0. The molecule has 6 nitrogen and oxygen atoms in total. The first-order valence-electron chi connectivity index (χ1n) is 9.57. The average molecular weight is 386 g/mol. The molecule has 0 unspecified atom stereocenters. The van der Waals surface area contributed by atoms with Gasteiger partial charge in [-0.25, -0.2) is 4.99 Å². The maximum atomic E-state index is 5.53. The second-order valence-electron chi connectivity index (χ2n) is 6.20. The molecular formula is C22H31N3O3. The van der Waals surface area contributed by atoms with Gasteiger partial charge in [0.05, 0.1) is 27.9 Å². The van der Waals surface area contributed by atoms with Crippen LogP contribution in [0.2, 0.25) is 0 Å². The van der Waals surface area contributed by atoms with Crippen molar-refractivity contribution in [2.24, 2.45) is 4.99 Å². The minimum absolute atomic E-state index is 0.470. The van der Waals surface area contributed by atoms with Crippen LogP contribution in [0.4, 0.5) is 0 Å². The molecule has 0 aliphatic heterocycles. The monoisotopic (exact) mass is 385 g/mol. The summed E-state index contributed by atoms with van der Waals surface area (Å²) < 4.78 is 16.3. The number of hydrogen-bond donors (Lipinski definition) is 2. The van der Waals surface area contributed by atoms with Gasteiger partial charge in [-0.1, -0.05) is 30.3 Å². The van der Waals surface area contributed by atoms with Gasteiger partial charge in [0.2, 0.25) is 5.75 Å². The normalized spacial score (nSPS) is 11.1. The van der Waals surface area contributed by atoms with E-state index in [1.807, 2.05) is 18.2 Å². The third-order valence-corrected chi connectivity index (χ3v) is 4.31. The van der Waals surface area contributed by atoms with E-state index in [1.165, 1.54) is 5.56 Å². The van der Waals surface area contributed by atoms with Crippen LogP contribution in [0.15, 0.2) is 47.5 Å². The van der Waals surface area contributed by atoms with E-state index in [1.54, 1.807) is 21.3 Å². The first-order valence-corrected chi connectivity index (χ1v) is 9.57. The minimum Gasteiger partial charge on any atom is -0.493 e. The third-order valence-electron chi connectivity index (χ3n) is 4.31. The average Bonchev–Trinajstić information content (AvgIpc) is 2.74. The quantitative estimate of drug-likeness (QED) is 0.373. The molecule has 0 saturated heterocycles. The summed E-state index contributed by atoms with van der Waals surface area (Å²) in [5.41, 5.74) is 2.28. The van der Waals surface area contributed by atoms with E-state index in [9.17, 15) is 0 Å². The number of ether oxygens (including phenoxy) is 3. The van der Waals surface area contributed by atoms with Gasteiger partial charge in [-0.05, 0) is 37.5 Å². The lowest BCUT2D eigenvalue weighted by Gasteiger charge is -2.15. The number of hydrogen-bond acceptors (Lipinski definition) is 4. The number of aliphatic imine (C=N–C) groups is 1. The molecule has 2 aromatic rings. The van der Waals surface area contributed by atoms with E-state index in [0.717, 1.165) is 37.5 Å². The van der Waals surface area contributed by atoms with Crippen LogP contribution in [-0.2, 0) is 13.0 Å². The van der Waals surface area contributed by atoms with Crippen LogP contribution >= 0.6 is 0 Å². The lowest BCUT2D eigenvalue weighted by atomic mass is 10.1. The van der Waals surface area contributed by atoms with Crippen LogP contribution in [0.3, 0.4) is 0 Å². The van der Waals surface area contributed by atoms with Gasteiger partial charge in [-0.3, -0.25) is 0 Å². The summed E-state index contributed by atoms with van der Waals surface area (Å²) in [6.45, 7) is 4.17. The molecule has 0 spiro atoms. The third kappa shape index (κ3) is 6.08. The van der Waals surface area contributed by atoms with Crippen molar-refractivity contribution in [2.45, 2.75) is 26.3 Å². The fourth-order valence-electron chi connectivity index (χ4n) is 2.94. The number of rotatable bonds is 10. The number of nitrogens with zero attached hydrogens (tertiary/aromatic N) is 1. The van der Waals surface area contributed by atoms with Gasteiger partial charge in [0.15, 0.2) is 17.5 Å². The topological polar surface area (TPSA) is 64.1 Å². The highest BCUT2D eigenvalue weighted by Crippen LogP contribution is 2.39. The van der Waals surface area contributed by atoms with Crippen molar-refractivity contribution in [1.29, 1.82) is 0 Å². The number of benzene rings is 2. The lowest BCUT2D eigenvalue weighted by Crippen LogP contribution is -2.37. The summed E-state index contributed by atoms with van der Waals surface area (Å²) in [6, 6.07) is 14.3. The molecule has 0 saturated carbocycles. The van der Waals surface area contributed by atoms with Crippen LogP contribution in [0.25, 0.3) is 0 Å². The highest BCUT2D eigenvalue weighted by molar-refractivity contribution is 5.79. The lowest BCUT2D eigenvalue weighted by molar-refractivity contribution is 0.322. The molecule has 2 aromatic carbocycles. The van der Waals surface area contributed by atoms with Crippen molar-refractivity contribution in [2.75, 3.05) is 34.4 Å². The molecule has 0 aliphatic carbocycles. The first-order chi connectivity index (χ1) is 13.7. The summed E-state index contributed by atoms with van der Waals surface area (Å²) in [7, 11) is 4.83. The van der Waals surface area contributed by atoms with Gasteiger partial charge in [0.25, 0.3) is 0 Å². The van der Waals surface area contributed by atoms with Crippen LogP contribution in [0.1, 0.15) is 24.5 Å². The fraction of sp³-hybridized carbons (Fsp3) is 0.409. The second kappa shape index (κ2) is 11.7. The molecular weight excluding hydrogens is 354 g/mol. The number of nitrogens with one attached hydrogen (secondary N) is 2. The summed E-state index contributed by atoms with van der Waals surface area (Å²) in [4.78, 5) is 4.69. The predicted octanol–water partition coefficient (Wildman–Crippen LogP) is 3.40. The Morgan fingerprint density at radius 1 is 0.893 bits per heavy atom. The number of guanidine groups is 1. The van der Waals surface area contributed by atoms with Crippen molar-refractivity contribution in [3.05, 3.63) is 53.6 Å². The molecule has 0 aliphatic rings. The zero-order valence-electron chi connectivity index (χ0n) is 17.2. The largest absolute Gasteiger partial charge is 0.493 e. The van der Waals surface area contributed by atoms with Crippen LogP contribution in [0.5, 0.6) is 17.2 Å². The summed E-state index contributed by atoms with van der Waals surface area (Å²) in [5.74, 6) is 2.65. The van der Waals surface area contributed by atoms with Gasteiger partial charge in [0.1, 0.15) is 0 Å². The Labute approximate surface area is 167 Å². The Balaban J connectivity index is 1.99. The van der Waals surface area contributed by atoms with Crippen LogP contribution < -0.4 is 24.8 Å². The van der Waals surface area contributed by atoms with Crippen molar-refractivity contribution < 1.29 is 14.2 Å². The maximum Gasteiger partial charge on any atom is 0.203 e. The van der Waals surface area contributed by atoms with Gasteiger partial charge in [-0.15, -0.1) is 0 Å². The van der Waals surface area contributed by atoms with Gasteiger partial charge in [-0.2, -0.15) is 0 Å². The number of methoxy groups -OCH3 is 3. The van der Waals surface area contributed by atoms with Crippen molar-refractivity contribution >= 4 is 5.96 Å². The van der Waals surface area contributed by atoms with Crippen molar-refractivity contribution in [3.8, 4) is 17.2 Å². The molecule has 0 fully saturated rings. The van der Waals surface area contributed by atoms with Crippen molar-refractivity contribution in [3.63, 3.8) is 0 Å². The SMILES string of the molecule is CCNC(=NCc1ccc(OC)c(OC)c1OC)NCCCc1ccccc1. The molecule has 28 heavy (non-hydrogen) atoms. The fourth-order valence-corrected chi connectivity index (χ4v) is 2.94. The highest BCUT2D eigenvalue weighted by Gasteiger charge is 2.15. The molecule has 2 rings (SSSR count). The smallest absolute Gasteiger partial charge is 0.203 e. The van der Waals surface area contributed by atoms with E-state index >= 15 is 0 Å². The van der Waals surface area contributed by atoms with Crippen molar-refractivity contribution in [1.82, 2.24) is 10.6 Å². The van der Waals surface area contributed by atoms with E-state index in [0.29, 0.717) is 23.8 Å². The Hall–Kier alpha value is -2.89. The Bertz CT molecular complexity index is 748.